The average Bonchev–Trinajstić information content (AvgIpc) is 3.03. The molecule has 2 aromatic rings. The number of hydrogen-bond acceptors (Lipinski definition) is 6. The molecule has 3 aliphatic rings. The van der Waals surface area contributed by atoms with Crippen LogP contribution in [0.25, 0.3) is 11.3 Å². The molecule has 1 saturated carbocycles. The first-order valence-electron chi connectivity index (χ1n) is 13.2. The highest BCUT2D eigenvalue weighted by molar-refractivity contribution is 5.75. The van der Waals surface area contributed by atoms with Crippen molar-refractivity contribution in [1.29, 1.82) is 0 Å². The van der Waals surface area contributed by atoms with Gasteiger partial charge in [-0.1, -0.05) is 43.5 Å². The van der Waals surface area contributed by atoms with Gasteiger partial charge in [-0.25, -0.2) is 10.2 Å². The van der Waals surface area contributed by atoms with Crippen LogP contribution in [-0.4, -0.2) is 40.7 Å². The van der Waals surface area contributed by atoms with Crippen LogP contribution in [0.5, 0.6) is 5.75 Å². The van der Waals surface area contributed by atoms with Crippen molar-refractivity contribution in [2.45, 2.75) is 64.0 Å². The molecule has 1 atom stereocenters. The highest BCUT2D eigenvalue weighted by atomic mass is 19.1. The average molecular weight is 492 g/mol. The molecule has 1 aliphatic carbocycles. The summed E-state index contributed by atoms with van der Waals surface area (Å²) in [6.07, 6.45) is 10.8. The van der Waals surface area contributed by atoms with Crippen molar-refractivity contribution in [3.05, 3.63) is 70.7 Å². The van der Waals surface area contributed by atoms with Gasteiger partial charge in [0.1, 0.15) is 0 Å². The maximum atomic E-state index is 14.7. The molecule has 1 unspecified atom stereocenters. The monoisotopic (exact) mass is 491 g/mol. The van der Waals surface area contributed by atoms with Crippen LogP contribution < -0.4 is 16.9 Å². The third-order valence-corrected chi connectivity index (χ3v) is 8.01. The maximum Gasteiger partial charge on any atom is 0.187 e. The zero-order valence-electron chi connectivity index (χ0n) is 21.1. The fraction of sp³-hybridized carbons (Fsp3) is 0.448. The SMILES string of the molecule is C/C(N)=C1\c2ccc(C3=CCN(C4CCCCC4)CC3)cc2C(Nc2cccc(O)c2F)CCN1N. The number of rotatable bonds is 4. The lowest BCUT2D eigenvalue weighted by Crippen LogP contribution is -2.39. The van der Waals surface area contributed by atoms with Gasteiger partial charge in [-0.05, 0) is 67.5 Å². The minimum atomic E-state index is -0.646. The molecule has 0 amide bonds. The van der Waals surface area contributed by atoms with E-state index in [0.29, 0.717) is 18.7 Å². The van der Waals surface area contributed by atoms with Crippen molar-refractivity contribution in [2.75, 3.05) is 25.0 Å². The molecule has 192 valence electrons. The number of nitrogens with two attached hydrogens (primary N) is 2. The molecular weight excluding hydrogens is 453 g/mol. The lowest BCUT2D eigenvalue weighted by atomic mass is 9.89. The number of hydrogen-bond donors (Lipinski definition) is 4. The highest BCUT2D eigenvalue weighted by Crippen LogP contribution is 2.38. The van der Waals surface area contributed by atoms with Gasteiger partial charge in [0.25, 0.3) is 0 Å². The van der Waals surface area contributed by atoms with Crippen molar-refractivity contribution in [1.82, 2.24) is 9.91 Å². The lowest BCUT2D eigenvalue weighted by molar-refractivity contribution is 0.171. The Hall–Kier alpha value is -3.03. The van der Waals surface area contributed by atoms with Gasteiger partial charge in [0.05, 0.1) is 17.4 Å². The van der Waals surface area contributed by atoms with Crippen LogP contribution >= 0.6 is 0 Å². The van der Waals surface area contributed by atoms with E-state index in [0.717, 1.165) is 42.4 Å². The van der Waals surface area contributed by atoms with Crippen LogP contribution in [0.3, 0.4) is 0 Å². The molecule has 0 bridgehead atoms. The molecule has 0 spiro atoms. The topological polar surface area (TPSA) is 90.8 Å². The van der Waals surface area contributed by atoms with Gasteiger partial charge in [0.2, 0.25) is 0 Å². The van der Waals surface area contributed by atoms with E-state index in [-0.39, 0.29) is 17.5 Å². The third-order valence-electron chi connectivity index (χ3n) is 8.01. The quantitative estimate of drug-likeness (QED) is 0.432. The molecular formula is C29H38FN5O. The first-order chi connectivity index (χ1) is 17.4. The summed E-state index contributed by atoms with van der Waals surface area (Å²) in [6, 6.07) is 11.7. The number of fused-ring (bicyclic) bond motifs is 1. The molecule has 5 rings (SSSR count). The molecule has 1 fully saturated rings. The van der Waals surface area contributed by atoms with Crippen molar-refractivity contribution in [2.24, 2.45) is 11.6 Å². The number of hydrazine groups is 1. The molecule has 0 saturated heterocycles. The number of phenols is 1. The Bertz CT molecular complexity index is 1170. The molecule has 2 aromatic carbocycles. The first kappa shape index (κ1) is 24.7. The number of anilines is 1. The fourth-order valence-corrected chi connectivity index (χ4v) is 6.09. The van der Waals surface area contributed by atoms with Crippen LogP contribution in [0.1, 0.15) is 74.6 Å². The zero-order chi connectivity index (χ0) is 25.2. The summed E-state index contributed by atoms with van der Waals surface area (Å²) in [6.45, 7) is 4.51. The van der Waals surface area contributed by atoms with Crippen LogP contribution in [0.15, 0.2) is 48.2 Å². The summed E-state index contributed by atoms with van der Waals surface area (Å²) in [4.78, 5) is 2.64. The van der Waals surface area contributed by atoms with E-state index in [2.05, 4.69) is 34.5 Å². The molecule has 2 aliphatic heterocycles. The van der Waals surface area contributed by atoms with Gasteiger partial charge in [0.15, 0.2) is 11.6 Å². The van der Waals surface area contributed by atoms with Gasteiger partial charge >= 0.3 is 0 Å². The van der Waals surface area contributed by atoms with Crippen LogP contribution in [-0.2, 0) is 0 Å². The number of benzene rings is 2. The number of allylic oxidation sites excluding steroid dienone is 1. The molecule has 0 aromatic heterocycles. The number of phenolic OH excluding ortho intramolecular Hbond substituents is 1. The maximum absolute atomic E-state index is 14.7. The third kappa shape index (κ3) is 4.95. The number of halogens is 1. The van der Waals surface area contributed by atoms with E-state index in [1.807, 2.05) is 6.92 Å². The Morgan fingerprint density at radius 1 is 1.08 bits per heavy atom. The number of nitrogens with one attached hydrogen (secondary N) is 1. The van der Waals surface area contributed by atoms with E-state index in [9.17, 15) is 9.50 Å². The standard InChI is InChI=1S/C29H38FN5O/c1-19(31)29-23-11-10-21(20-12-15-34(16-13-20)22-6-3-2-4-7-22)18-24(23)25(14-17-35(29)32)33-26-8-5-9-27(36)28(26)30/h5,8-12,18,22,25,33,36H,2-4,6-7,13-17,31-32H2,1H3/b29-19-. The fourth-order valence-electron chi connectivity index (χ4n) is 6.09. The van der Waals surface area contributed by atoms with Gasteiger partial charge in [0, 0.05) is 36.9 Å². The molecule has 6 N–H and O–H groups in total. The Labute approximate surface area is 213 Å². The molecule has 6 nitrogen and oxygen atoms in total. The highest BCUT2D eigenvalue weighted by Gasteiger charge is 2.28. The van der Waals surface area contributed by atoms with Crippen LogP contribution in [0, 0.1) is 5.82 Å². The smallest absolute Gasteiger partial charge is 0.187 e. The van der Waals surface area contributed by atoms with Crippen molar-refractivity contribution < 1.29 is 9.50 Å². The van der Waals surface area contributed by atoms with Gasteiger partial charge in [-0.3, -0.25) is 4.90 Å². The Balaban J connectivity index is 1.48. The minimum absolute atomic E-state index is 0.193. The van der Waals surface area contributed by atoms with E-state index < -0.39 is 5.82 Å². The minimum Gasteiger partial charge on any atom is -0.505 e. The normalized spacial score (nSPS) is 23.0. The van der Waals surface area contributed by atoms with E-state index in [4.69, 9.17) is 11.6 Å². The van der Waals surface area contributed by atoms with Gasteiger partial charge in [-0.2, -0.15) is 0 Å². The summed E-state index contributed by atoms with van der Waals surface area (Å²) in [5.41, 5.74) is 12.6. The van der Waals surface area contributed by atoms with E-state index >= 15 is 0 Å². The number of aromatic hydroxyl groups is 1. The van der Waals surface area contributed by atoms with Crippen molar-refractivity contribution >= 4 is 17.0 Å². The summed E-state index contributed by atoms with van der Waals surface area (Å²) >= 11 is 0. The Morgan fingerprint density at radius 3 is 2.61 bits per heavy atom. The van der Waals surface area contributed by atoms with Crippen LogP contribution in [0.2, 0.25) is 0 Å². The van der Waals surface area contributed by atoms with Crippen molar-refractivity contribution in [3.63, 3.8) is 0 Å². The number of nitrogens with zero attached hydrogens (tertiary/aromatic N) is 2. The molecule has 2 heterocycles. The Kier molecular flexibility index (Phi) is 7.21. The second-order valence-electron chi connectivity index (χ2n) is 10.4. The molecule has 0 radical (unpaired) electrons. The predicted octanol–water partition coefficient (Wildman–Crippen LogP) is 5.33. The van der Waals surface area contributed by atoms with E-state index in [1.165, 1.54) is 49.3 Å². The van der Waals surface area contributed by atoms with Gasteiger partial charge in [-0.15, -0.1) is 0 Å². The molecule has 7 heteroatoms. The second-order valence-corrected chi connectivity index (χ2v) is 10.4. The summed E-state index contributed by atoms with van der Waals surface area (Å²) < 4.78 is 14.7. The molecule has 36 heavy (non-hydrogen) atoms. The van der Waals surface area contributed by atoms with Gasteiger partial charge < -0.3 is 21.2 Å². The Morgan fingerprint density at radius 2 is 1.89 bits per heavy atom. The van der Waals surface area contributed by atoms with Crippen molar-refractivity contribution in [3.8, 4) is 5.75 Å². The van der Waals surface area contributed by atoms with Crippen LogP contribution in [0.4, 0.5) is 10.1 Å². The summed E-state index contributed by atoms with van der Waals surface area (Å²) in [7, 11) is 0. The van der Waals surface area contributed by atoms with E-state index in [1.54, 1.807) is 17.1 Å². The lowest BCUT2D eigenvalue weighted by Gasteiger charge is -2.36. The summed E-state index contributed by atoms with van der Waals surface area (Å²) in [5.74, 6) is 5.40. The predicted molar refractivity (Wildman–Crippen MR) is 144 cm³/mol. The second kappa shape index (κ2) is 10.5. The largest absolute Gasteiger partial charge is 0.505 e. The summed E-state index contributed by atoms with van der Waals surface area (Å²) in [5, 5.41) is 14.9. The zero-order valence-corrected chi connectivity index (χ0v) is 21.1. The first-order valence-corrected chi connectivity index (χ1v) is 13.2.